The van der Waals surface area contributed by atoms with Gasteiger partial charge in [-0.05, 0) is 0 Å². The van der Waals surface area contributed by atoms with Crippen molar-refractivity contribution in [3.63, 3.8) is 0 Å². The van der Waals surface area contributed by atoms with Crippen LogP contribution in [0.25, 0.3) is 0 Å². The Hall–Kier alpha value is -0.410. The second-order valence-electron chi connectivity index (χ2n) is 1.79. The first-order chi connectivity index (χ1) is 4.12. The van der Waals surface area contributed by atoms with Gasteiger partial charge < -0.3 is 4.55 Å². The second-order valence-corrected chi connectivity index (χ2v) is 4.21. The van der Waals surface area contributed by atoms with Crippen LogP contribution in [0.5, 0.6) is 0 Å². The number of hydrogen-bond acceptors (Lipinski definition) is 1. The summed E-state index contributed by atoms with van der Waals surface area (Å²) in [5.41, 5.74) is 0. The topological polar surface area (TPSA) is 37.3 Å². The van der Waals surface area contributed by atoms with Gasteiger partial charge in [-0.2, -0.15) is 10.2 Å². The van der Waals surface area contributed by atoms with Crippen LogP contribution in [0.4, 0.5) is 0 Å². The van der Waals surface area contributed by atoms with E-state index >= 15 is 0 Å². The standard InChI is InChI=1S/C6H12O2S/c1-3-5-9(7,8)6-4-2/h3-4,9H,1-2,5-6H2,(H,7,8). The van der Waals surface area contributed by atoms with Crippen LogP contribution < -0.4 is 0 Å². The number of rotatable bonds is 4. The van der Waals surface area contributed by atoms with E-state index in [1.165, 1.54) is 12.2 Å². The molecule has 1 N–H and O–H groups in total. The van der Waals surface area contributed by atoms with Gasteiger partial charge in [-0.3, -0.25) is 0 Å². The zero-order valence-corrected chi connectivity index (χ0v) is 6.18. The maximum absolute atomic E-state index is 10.8. The highest BCUT2D eigenvalue weighted by atomic mass is 32.3. The third kappa shape index (κ3) is 4.12. The summed E-state index contributed by atoms with van der Waals surface area (Å²) in [5, 5.41) is 0. The minimum atomic E-state index is -2.93. The van der Waals surface area contributed by atoms with Crippen molar-refractivity contribution < 1.29 is 8.76 Å². The van der Waals surface area contributed by atoms with Crippen LogP contribution in [0.2, 0.25) is 0 Å². The first-order valence-electron chi connectivity index (χ1n) is 2.65. The fraction of sp³-hybridized carbons (Fsp3) is 0.333. The van der Waals surface area contributed by atoms with Gasteiger partial charge in [0.1, 0.15) is 0 Å². The molecule has 0 amide bonds. The highest BCUT2D eigenvalue weighted by Gasteiger charge is 1.97. The van der Waals surface area contributed by atoms with Gasteiger partial charge in [0, 0.05) is 11.5 Å². The first kappa shape index (κ1) is 8.59. The maximum atomic E-state index is 10.8. The van der Waals surface area contributed by atoms with Crippen LogP contribution in [-0.4, -0.2) is 20.3 Å². The van der Waals surface area contributed by atoms with Gasteiger partial charge in [-0.25, -0.2) is 4.21 Å². The van der Waals surface area contributed by atoms with Crippen molar-refractivity contribution in [2.75, 3.05) is 11.5 Å². The molecule has 0 unspecified atom stereocenters. The van der Waals surface area contributed by atoms with E-state index < -0.39 is 10.2 Å². The first-order valence-corrected chi connectivity index (χ1v) is 4.68. The van der Waals surface area contributed by atoms with Crippen LogP contribution in [0.15, 0.2) is 25.3 Å². The summed E-state index contributed by atoms with van der Waals surface area (Å²) in [4.78, 5) is 0. The van der Waals surface area contributed by atoms with E-state index in [9.17, 15) is 4.21 Å². The molecule has 0 spiro atoms. The molecule has 0 aliphatic carbocycles. The van der Waals surface area contributed by atoms with E-state index in [0.29, 0.717) is 0 Å². The van der Waals surface area contributed by atoms with Crippen LogP contribution in [-0.2, 0) is 10.2 Å². The van der Waals surface area contributed by atoms with Crippen molar-refractivity contribution in [2.45, 2.75) is 0 Å². The molecule has 0 aliphatic rings. The summed E-state index contributed by atoms with van der Waals surface area (Å²) < 4.78 is 19.8. The largest absolute Gasteiger partial charge is 0.305 e. The van der Waals surface area contributed by atoms with E-state index in [4.69, 9.17) is 4.55 Å². The summed E-state index contributed by atoms with van der Waals surface area (Å²) in [5.74, 6) is 0.359. The van der Waals surface area contributed by atoms with Gasteiger partial charge in [-0.15, -0.1) is 13.2 Å². The number of thiol groups is 1. The van der Waals surface area contributed by atoms with Crippen LogP contribution in [0.3, 0.4) is 0 Å². The van der Waals surface area contributed by atoms with Crippen LogP contribution in [0, 0.1) is 0 Å². The van der Waals surface area contributed by atoms with E-state index in [2.05, 4.69) is 13.2 Å². The normalized spacial score (nSPS) is 12.6. The Balaban J connectivity index is 3.85. The third-order valence-electron chi connectivity index (χ3n) is 0.829. The predicted molar refractivity (Wildman–Crippen MR) is 42.3 cm³/mol. The zero-order valence-electron chi connectivity index (χ0n) is 5.29. The van der Waals surface area contributed by atoms with Gasteiger partial charge in [0.2, 0.25) is 0 Å². The third-order valence-corrected chi connectivity index (χ3v) is 2.49. The molecule has 0 saturated carbocycles. The minimum Gasteiger partial charge on any atom is -0.305 e. The average Bonchev–Trinajstić information content (AvgIpc) is 1.64. The quantitative estimate of drug-likeness (QED) is 0.458. The summed E-state index contributed by atoms with van der Waals surface area (Å²) in [7, 11) is -2.93. The summed E-state index contributed by atoms with van der Waals surface area (Å²) >= 11 is 0. The molecule has 0 aromatic rings. The molecule has 0 aromatic carbocycles. The van der Waals surface area contributed by atoms with Crippen molar-refractivity contribution in [2.24, 2.45) is 0 Å². The Morgan fingerprint density at radius 3 is 1.89 bits per heavy atom. The lowest BCUT2D eigenvalue weighted by molar-refractivity contribution is 0.546. The molecule has 0 aliphatic heterocycles. The average molecular weight is 148 g/mol. The van der Waals surface area contributed by atoms with Crippen LogP contribution in [0.1, 0.15) is 0 Å². The molecule has 0 fully saturated rings. The van der Waals surface area contributed by atoms with Crippen molar-refractivity contribution in [3.8, 4) is 0 Å². The van der Waals surface area contributed by atoms with Gasteiger partial charge >= 0.3 is 0 Å². The second kappa shape index (κ2) is 3.58. The highest BCUT2D eigenvalue weighted by Crippen LogP contribution is 1.97. The van der Waals surface area contributed by atoms with E-state index in [1.54, 1.807) is 0 Å². The SMILES string of the molecule is C=CC[SH](=O)(O)CC=C. The number of hydrogen-bond donors (Lipinski definition) is 2. The molecule has 0 aromatic heterocycles. The van der Waals surface area contributed by atoms with E-state index in [1.807, 2.05) is 0 Å². The van der Waals surface area contributed by atoms with Crippen molar-refractivity contribution in [3.05, 3.63) is 25.3 Å². The fourth-order valence-corrected chi connectivity index (χ4v) is 1.43. The van der Waals surface area contributed by atoms with Gasteiger partial charge in [-0.1, -0.05) is 12.2 Å². The van der Waals surface area contributed by atoms with Crippen molar-refractivity contribution >= 4 is 10.2 Å². The van der Waals surface area contributed by atoms with Gasteiger partial charge in [0.15, 0.2) is 0 Å². The Morgan fingerprint density at radius 1 is 1.33 bits per heavy atom. The monoisotopic (exact) mass is 148 g/mol. The molecule has 0 atom stereocenters. The lowest BCUT2D eigenvalue weighted by Crippen LogP contribution is -2.16. The fourth-order valence-electron chi connectivity index (χ4n) is 0.478. The molecule has 2 nitrogen and oxygen atoms in total. The lowest BCUT2D eigenvalue weighted by Gasteiger charge is -2.17. The molecular weight excluding hydrogens is 136 g/mol. The summed E-state index contributed by atoms with van der Waals surface area (Å²) in [6, 6.07) is 0. The molecular formula is C6H12O2S. The van der Waals surface area contributed by atoms with E-state index in [-0.39, 0.29) is 11.5 Å². The lowest BCUT2D eigenvalue weighted by atomic mass is 10.8. The Bertz CT molecular complexity index is 137. The predicted octanol–water partition coefficient (Wildman–Crippen LogP) is 0.848. The van der Waals surface area contributed by atoms with Crippen LogP contribution >= 0.6 is 0 Å². The van der Waals surface area contributed by atoms with Gasteiger partial charge in [0.05, 0.1) is 0 Å². The summed E-state index contributed by atoms with van der Waals surface area (Å²) in [6.07, 6.45) is 2.90. The smallest absolute Gasteiger partial charge is 0.0497 e. The summed E-state index contributed by atoms with van der Waals surface area (Å²) in [6.45, 7) is 6.72. The van der Waals surface area contributed by atoms with E-state index in [0.717, 1.165) is 0 Å². The Labute approximate surface area is 56.5 Å². The molecule has 3 heteroatoms. The van der Waals surface area contributed by atoms with Gasteiger partial charge in [0.25, 0.3) is 0 Å². The molecule has 0 bridgehead atoms. The van der Waals surface area contributed by atoms with Crippen molar-refractivity contribution in [1.29, 1.82) is 0 Å². The maximum Gasteiger partial charge on any atom is 0.0497 e. The Kier molecular flexibility index (Phi) is 3.42. The molecule has 0 rings (SSSR count). The molecule has 0 heterocycles. The molecule has 9 heavy (non-hydrogen) atoms. The Morgan fingerprint density at radius 2 is 1.67 bits per heavy atom. The molecule has 0 radical (unpaired) electrons. The molecule has 54 valence electrons. The molecule has 0 saturated heterocycles. The van der Waals surface area contributed by atoms with Crippen molar-refractivity contribution in [1.82, 2.24) is 0 Å². The highest BCUT2D eigenvalue weighted by molar-refractivity contribution is 7.98. The zero-order chi connectivity index (χ0) is 7.33. The minimum absolute atomic E-state index is 0.180.